The van der Waals surface area contributed by atoms with E-state index in [9.17, 15) is 0 Å². The van der Waals surface area contributed by atoms with Crippen LogP contribution in [0.15, 0.2) is 30.3 Å². The molecule has 1 aliphatic carbocycles. The quantitative estimate of drug-likeness (QED) is 0.837. The highest BCUT2D eigenvalue weighted by Gasteiger charge is 2.41. The maximum Gasteiger partial charge on any atom is 0.0330 e. The molecule has 1 saturated carbocycles. The Balaban J connectivity index is 2.06. The lowest BCUT2D eigenvalue weighted by molar-refractivity contribution is 0.0143. The highest BCUT2D eigenvalue weighted by Crippen LogP contribution is 2.37. The Hall–Kier alpha value is -0.900. The maximum atomic E-state index is 6.11. The van der Waals surface area contributed by atoms with Crippen molar-refractivity contribution in [2.24, 2.45) is 5.73 Å². The van der Waals surface area contributed by atoms with E-state index in [2.05, 4.69) is 68.2 Å². The average Bonchev–Trinajstić information content (AvgIpc) is 2.44. The van der Waals surface area contributed by atoms with Crippen molar-refractivity contribution in [2.45, 2.75) is 43.7 Å². The fourth-order valence-electron chi connectivity index (χ4n) is 3.66. The smallest absolute Gasteiger partial charge is 0.0330 e. The third-order valence-electron chi connectivity index (χ3n) is 5.49. The number of rotatable bonds is 7. The van der Waals surface area contributed by atoms with Gasteiger partial charge >= 0.3 is 0 Å². The van der Waals surface area contributed by atoms with Gasteiger partial charge in [0.1, 0.15) is 0 Å². The van der Waals surface area contributed by atoms with Crippen LogP contribution in [0.2, 0.25) is 0 Å². The molecule has 2 N–H and O–H groups in total. The minimum atomic E-state index is 0.360. The van der Waals surface area contributed by atoms with Crippen molar-refractivity contribution in [3.8, 4) is 0 Å². The lowest BCUT2D eigenvalue weighted by atomic mass is 9.75. The van der Waals surface area contributed by atoms with Gasteiger partial charge in [0.05, 0.1) is 0 Å². The van der Waals surface area contributed by atoms with Gasteiger partial charge in [-0.15, -0.1) is 0 Å². The molecule has 2 atom stereocenters. The molecule has 0 heterocycles. The van der Waals surface area contributed by atoms with Gasteiger partial charge in [-0.1, -0.05) is 37.3 Å². The topological polar surface area (TPSA) is 32.5 Å². The summed E-state index contributed by atoms with van der Waals surface area (Å²) in [7, 11) is 6.66. The summed E-state index contributed by atoms with van der Waals surface area (Å²) in [6, 6.07) is 11.1. The number of hydrogen-bond acceptors (Lipinski definition) is 3. The van der Waals surface area contributed by atoms with Crippen LogP contribution in [0.1, 0.15) is 37.7 Å². The van der Waals surface area contributed by atoms with Crippen LogP contribution in [0, 0.1) is 0 Å². The summed E-state index contributed by atoms with van der Waals surface area (Å²) in [5.74, 6) is 0.459. The van der Waals surface area contributed by atoms with E-state index in [0.29, 0.717) is 24.0 Å². The van der Waals surface area contributed by atoms with Crippen LogP contribution in [0.25, 0.3) is 0 Å². The molecule has 2 rings (SSSR count). The van der Waals surface area contributed by atoms with Crippen LogP contribution in [0.3, 0.4) is 0 Å². The minimum absolute atomic E-state index is 0.360. The molecule has 1 aromatic rings. The van der Waals surface area contributed by atoms with E-state index in [4.69, 9.17) is 5.73 Å². The van der Waals surface area contributed by atoms with Crippen LogP contribution in [0.5, 0.6) is 0 Å². The molecule has 21 heavy (non-hydrogen) atoms. The fraction of sp³-hybridized carbons (Fsp3) is 0.667. The van der Waals surface area contributed by atoms with E-state index in [0.717, 1.165) is 6.54 Å². The Bertz CT molecular complexity index is 425. The SMILES string of the molecule is CC(c1ccccc1)C(CN)N(C)CC1(N(C)C)CCC1. The lowest BCUT2D eigenvalue weighted by Crippen LogP contribution is -2.59. The van der Waals surface area contributed by atoms with E-state index >= 15 is 0 Å². The van der Waals surface area contributed by atoms with E-state index in [1.807, 2.05) is 0 Å². The minimum Gasteiger partial charge on any atom is -0.329 e. The second-order valence-electron chi connectivity index (χ2n) is 6.89. The number of benzene rings is 1. The lowest BCUT2D eigenvalue weighted by Gasteiger charge is -2.51. The number of likely N-dealkylation sites (N-methyl/N-ethyl adjacent to an activating group) is 2. The molecule has 0 saturated heterocycles. The molecule has 0 aliphatic heterocycles. The second kappa shape index (κ2) is 6.91. The fourth-order valence-corrected chi connectivity index (χ4v) is 3.66. The zero-order chi connectivity index (χ0) is 15.5. The molecule has 3 heteroatoms. The number of nitrogens with two attached hydrogens (primary N) is 1. The molecule has 1 aliphatic rings. The standard InChI is InChI=1S/C18H31N3/c1-15(16-9-6-5-7-10-16)17(13-19)21(4)14-18(20(2)3)11-8-12-18/h5-7,9-10,15,17H,8,11-14,19H2,1-4H3. The van der Waals surface area contributed by atoms with Crippen molar-refractivity contribution >= 4 is 0 Å². The molecule has 0 bridgehead atoms. The van der Waals surface area contributed by atoms with Gasteiger partial charge in [0.25, 0.3) is 0 Å². The van der Waals surface area contributed by atoms with Crippen LogP contribution >= 0.6 is 0 Å². The van der Waals surface area contributed by atoms with Gasteiger partial charge in [-0.05, 0) is 51.9 Å². The van der Waals surface area contributed by atoms with Crippen LogP contribution in [-0.2, 0) is 0 Å². The first-order valence-corrected chi connectivity index (χ1v) is 8.13. The molecule has 2 unspecified atom stereocenters. The van der Waals surface area contributed by atoms with E-state index in [1.165, 1.54) is 24.8 Å². The van der Waals surface area contributed by atoms with Crippen molar-refractivity contribution < 1.29 is 0 Å². The van der Waals surface area contributed by atoms with Gasteiger partial charge in [0.15, 0.2) is 0 Å². The monoisotopic (exact) mass is 289 g/mol. The molecule has 3 nitrogen and oxygen atoms in total. The molecule has 118 valence electrons. The Morgan fingerprint density at radius 2 is 1.76 bits per heavy atom. The van der Waals surface area contributed by atoms with Gasteiger partial charge in [-0.25, -0.2) is 0 Å². The molecular weight excluding hydrogens is 258 g/mol. The third kappa shape index (κ3) is 3.47. The van der Waals surface area contributed by atoms with Gasteiger partial charge in [-0.2, -0.15) is 0 Å². The number of hydrogen-bond donors (Lipinski definition) is 1. The highest BCUT2D eigenvalue weighted by atomic mass is 15.2. The molecule has 1 aromatic carbocycles. The van der Waals surface area contributed by atoms with Gasteiger partial charge < -0.3 is 10.6 Å². The van der Waals surface area contributed by atoms with Gasteiger partial charge in [-0.3, -0.25) is 4.90 Å². The predicted octanol–water partition coefficient (Wildman–Crippen LogP) is 2.53. The van der Waals surface area contributed by atoms with E-state index in [-0.39, 0.29) is 0 Å². The van der Waals surface area contributed by atoms with Crippen molar-refractivity contribution in [3.63, 3.8) is 0 Å². The zero-order valence-electron chi connectivity index (χ0n) is 14.0. The normalized spacial score (nSPS) is 20.3. The van der Waals surface area contributed by atoms with Crippen molar-refractivity contribution in [3.05, 3.63) is 35.9 Å². The summed E-state index contributed by atoms with van der Waals surface area (Å²) >= 11 is 0. The highest BCUT2D eigenvalue weighted by molar-refractivity contribution is 5.21. The van der Waals surface area contributed by atoms with E-state index in [1.54, 1.807) is 0 Å². The first-order chi connectivity index (χ1) is 10.00. The zero-order valence-corrected chi connectivity index (χ0v) is 14.0. The Labute approximate surface area is 130 Å². The molecule has 0 aromatic heterocycles. The van der Waals surface area contributed by atoms with Crippen LogP contribution < -0.4 is 5.73 Å². The number of nitrogens with zero attached hydrogens (tertiary/aromatic N) is 2. The molecule has 1 fully saturated rings. The van der Waals surface area contributed by atoms with Crippen molar-refractivity contribution in [1.82, 2.24) is 9.80 Å². The molecule has 0 spiro atoms. The second-order valence-corrected chi connectivity index (χ2v) is 6.89. The summed E-state index contributed by atoms with van der Waals surface area (Å²) in [5.41, 5.74) is 7.85. The largest absolute Gasteiger partial charge is 0.329 e. The summed E-state index contributed by atoms with van der Waals surface area (Å²) in [6.45, 7) is 4.11. The van der Waals surface area contributed by atoms with Crippen LogP contribution in [0.4, 0.5) is 0 Å². The van der Waals surface area contributed by atoms with Gasteiger partial charge in [0.2, 0.25) is 0 Å². The maximum absolute atomic E-state index is 6.11. The molecule has 0 amide bonds. The average molecular weight is 289 g/mol. The Kier molecular flexibility index (Phi) is 5.42. The predicted molar refractivity (Wildman–Crippen MR) is 90.6 cm³/mol. The summed E-state index contributed by atoms with van der Waals surface area (Å²) in [4.78, 5) is 4.89. The molecular formula is C18H31N3. The first-order valence-electron chi connectivity index (χ1n) is 8.13. The summed E-state index contributed by atoms with van der Waals surface area (Å²) in [5, 5.41) is 0. The van der Waals surface area contributed by atoms with Crippen LogP contribution in [-0.4, -0.2) is 55.6 Å². The Morgan fingerprint density at radius 1 is 1.14 bits per heavy atom. The summed E-state index contributed by atoms with van der Waals surface area (Å²) in [6.07, 6.45) is 3.97. The third-order valence-corrected chi connectivity index (χ3v) is 5.49. The summed E-state index contributed by atoms with van der Waals surface area (Å²) < 4.78 is 0. The van der Waals surface area contributed by atoms with Crippen molar-refractivity contribution in [2.75, 3.05) is 34.2 Å². The molecule has 0 radical (unpaired) electrons. The van der Waals surface area contributed by atoms with E-state index < -0.39 is 0 Å². The first kappa shape index (κ1) is 16.5. The van der Waals surface area contributed by atoms with Crippen molar-refractivity contribution in [1.29, 1.82) is 0 Å². The Morgan fingerprint density at radius 3 is 2.19 bits per heavy atom. The van der Waals surface area contributed by atoms with Gasteiger partial charge in [0, 0.05) is 24.7 Å².